The second-order valence-corrected chi connectivity index (χ2v) is 6.89. The highest BCUT2D eigenvalue weighted by Crippen LogP contribution is 2.44. The minimum absolute atomic E-state index is 0.0671. The third-order valence-electron chi connectivity index (χ3n) is 5.08. The van der Waals surface area contributed by atoms with E-state index in [0.29, 0.717) is 30.4 Å². The van der Waals surface area contributed by atoms with Gasteiger partial charge in [-0.25, -0.2) is 0 Å². The Bertz CT molecular complexity index is 768. The molecule has 1 unspecified atom stereocenters. The largest absolute Gasteiger partial charge is 0.497 e. The van der Waals surface area contributed by atoms with E-state index in [2.05, 4.69) is 17.4 Å². The second kappa shape index (κ2) is 8.80. The van der Waals surface area contributed by atoms with Gasteiger partial charge in [0.1, 0.15) is 5.75 Å². The monoisotopic (exact) mass is 369 g/mol. The van der Waals surface area contributed by atoms with Crippen molar-refractivity contribution >= 4 is 5.91 Å². The molecule has 1 fully saturated rings. The SMILES string of the molecule is COc1ccc(C(CC(=O)NCc2ccc(OC)c(OC)c2)C2CC2)cc1. The van der Waals surface area contributed by atoms with Crippen LogP contribution in [0.25, 0.3) is 0 Å². The number of ether oxygens (including phenoxy) is 3. The Kier molecular flexibility index (Phi) is 6.22. The van der Waals surface area contributed by atoms with E-state index in [9.17, 15) is 4.79 Å². The van der Waals surface area contributed by atoms with E-state index in [-0.39, 0.29) is 11.8 Å². The standard InChI is InChI=1S/C22H27NO4/c1-25-18-9-7-17(8-10-18)19(16-5-6-16)13-22(24)23-14-15-4-11-20(26-2)21(12-15)27-3/h4,7-12,16,19H,5-6,13-14H2,1-3H3,(H,23,24). The first-order valence-electron chi connectivity index (χ1n) is 9.26. The van der Waals surface area contributed by atoms with Crippen molar-refractivity contribution in [1.29, 1.82) is 0 Å². The molecular weight excluding hydrogens is 342 g/mol. The lowest BCUT2D eigenvalue weighted by Gasteiger charge is -2.17. The molecule has 1 amide bonds. The van der Waals surface area contributed by atoms with Crippen molar-refractivity contribution in [3.63, 3.8) is 0 Å². The summed E-state index contributed by atoms with van der Waals surface area (Å²) >= 11 is 0. The van der Waals surface area contributed by atoms with Gasteiger partial charge in [0.15, 0.2) is 11.5 Å². The number of hydrogen-bond acceptors (Lipinski definition) is 4. The van der Waals surface area contributed by atoms with Crippen LogP contribution in [0.5, 0.6) is 17.2 Å². The molecule has 5 nitrogen and oxygen atoms in total. The van der Waals surface area contributed by atoms with Crippen molar-refractivity contribution in [2.24, 2.45) is 5.92 Å². The molecule has 0 heterocycles. The van der Waals surface area contributed by atoms with Gasteiger partial charge >= 0.3 is 0 Å². The lowest BCUT2D eigenvalue weighted by molar-refractivity contribution is -0.121. The van der Waals surface area contributed by atoms with Gasteiger partial charge in [-0.3, -0.25) is 4.79 Å². The van der Waals surface area contributed by atoms with Gasteiger partial charge in [0.2, 0.25) is 5.91 Å². The summed E-state index contributed by atoms with van der Waals surface area (Å²) in [5, 5.41) is 3.03. The van der Waals surface area contributed by atoms with Gasteiger partial charge in [-0.1, -0.05) is 18.2 Å². The highest BCUT2D eigenvalue weighted by Gasteiger charge is 2.33. The van der Waals surface area contributed by atoms with Gasteiger partial charge in [-0.2, -0.15) is 0 Å². The summed E-state index contributed by atoms with van der Waals surface area (Å²) in [5.74, 6) is 3.12. The van der Waals surface area contributed by atoms with Crippen molar-refractivity contribution < 1.29 is 19.0 Å². The number of hydrogen-bond donors (Lipinski definition) is 1. The van der Waals surface area contributed by atoms with Crippen LogP contribution < -0.4 is 19.5 Å². The molecule has 5 heteroatoms. The van der Waals surface area contributed by atoms with E-state index in [1.54, 1.807) is 21.3 Å². The third-order valence-corrected chi connectivity index (χ3v) is 5.08. The molecule has 3 rings (SSSR count). The van der Waals surface area contributed by atoms with Gasteiger partial charge in [-0.05, 0) is 60.1 Å². The van der Waals surface area contributed by atoms with Crippen molar-refractivity contribution in [1.82, 2.24) is 5.32 Å². The zero-order chi connectivity index (χ0) is 19.2. The van der Waals surface area contributed by atoms with Crippen LogP contribution in [0.15, 0.2) is 42.5 Å². The van der Waals surface area contributed by atoms with Crippen LogP contribution in [0.3, 0.4) is 0 Å². The van der Waals surface area contributed by atoms with Crippen LogP contribution in [0.4, 0.5) is 0 Å². The number of carbonyl (C=O) groups is 1. The summed E-state index contributed by atoms with van der Waals surface area (Å²) in [4.78, 5) is 12.5. The lowest BCUT2D eigenvalue weighted by atomic mass is 9.90. The minimum Gasteiger partial charge on any atom is -0.497 e. The molecule has 27 heavy (non-hydrogen) atoms. The molecule has 0 radical (unpaired) electrons. The van der Waals surface area contributed by atoms with Crippen LogP contribution in [-0.2, 0) is 11.3 Å². The summed E-state index contributed by atoms with van der Waals surface area (Å²) in [6, 6.07) is 13.8. The molecule has 2 aromatic rings. The maximum atomic E-state index is 12.5. The van der Waals surface area contributed by atoms with Crippen LogP contribution in [0, 0.1) is 5.92 Å². The fraction of sp³-hybridized carbons (Fsp3) is 0.409. The molecule has 0 bridgehead atoms. The Morgan fingerprint density at radius 2 is 1.70 bits per heavy atom. The molecule has 0 saturated heterocycles. The Balaban J connectivity index is 1.60. The molecule has 2 aromatic carbocycles. The number of nitrogens with one attached hydrogen (secondary N) is 1. The topological polar surface area (TPSA) is 56.8 Å². The number of amides is 1. The molecule has 1 aliphatic carbocycles. The molecule has 0 aromatic heterocycles. The van der Waals surface area contributed by atoms with Crippen LogP contribution in [0.2, 0.25) is 0 Å². The average molecular weight is 369 g/mol. The first-order valence-corrected chi connectivity index (χ1v) is 9.26. The summed E-state index contributed by atoms with van der Waals surface area (Å²) in [7, 11) is 4.88. The normalized spacial score (nSPS) is 14.3. The summed E-state index contributed by atoms with van der Waals surface area (Å²) in [6.07, 6.45) is 2.89. The van der Waals surface area contributed by atoms with Gasteiger partial charge in [-0.15, -0.1) is 0 Å². The van der Waals surface area contributed by atoms with E-state index in [0.717, 1.165) is 11.3 Å². The van der Waals surface area contributed by atoms with Gasteiger partial charge in [0, 0.05) is 13.0 Å². The number of rotatable bonds is 9. The zero-order valence-corrected chi connectivity index (χ0v) is 16.2. The van der Waals surface area contributed by atoms with E-state index in [1.807, 2.05) is 30.3 Å². The molecule has 0 spiro atoms. The molecule has 1 atom stereocenters. The molecule has 0 aliphatic heterocycles. The molecule has 1 saturated carbocycles. The second-order valence-electron chi connectivity index (χ2n) is 6.89. The Morgan fingerprint density at radius 3 is 2.30 bits per heavy atom. The van der Waals surface area contributed by atoms with E-state index >= 15 is 0 Å². The molecular formula is C22H27NO4. The quantitative estimate of drug-likeness (QED) is 0.728. The Morgan fingerprint density at radius 1 is 1.00 bits per heavy atom. The molecule has 1 N–H and O–H groups in total. The number of carbonyl (C=O) groups excluding carboxylic acids is 1. The highest BCUT2D eigenvalue weighted by molar-refractivity contribution is 5.77. The Labute approximate surface area is 160 Å². The summed E-state index contributed by atoms with van der Waals surface area (Å²) in [6.45, 7) is 0.471. The minimum atomic E-state index is 0.0671. The fourth-order valence-corrected chi connectivity index (χ4v) is 3.37. The highest BCUT2D eigenvalue weighted by atomic mass is 16.5. The van der Waals surface area contributed by atoms with Gasteiger partial charge < -0.3 is 19.5 Å². The maximum Gasteiger partial charge on any atom is 0.220 e. The van der Waals surface area contributed by atoms with Gasteiger partial charge in [0.25, 0.3) is 0 Å². The predicted molar refractivity (Wildman–Crippen MR) is 104 cm³/mol. The summed E-state index contributed by atoms with van der Waals surface area (Å²) in [5.41, 5.74) is 2.19. The lowest BCUT2D eigenvalue weighted by Crippen LogP contribution is -2.25. The van der Waals surface area contributed by atoms with Crippen molar-refractivity contribution in [3.8, 4) is 17.2 Å². The first kappa shape index (κ1) is 19.1. The smallest absolute Gasteiger partial charge is 0.220 e. The maximum absolute atomic E-state index is 12.5. The van der Waals surface area contributed by atoms with Crippen LogP contribution in [0.1, 0.15) is 36.3 Å². The Hall–Kier alpha value is -2.69. The van der Waals surface area contributed by atoms with Crippen molar-refractivity contribution in [3.05, 3.63) is 53.6 Å². The van der Waals surface area contributed by atoms with Crippen molar-refractivity contribution in [2.75, 3.05) is 21.3 Å². The van der Waals surface area contributed by atoms with E-state index in [4.69, 9.17) is 14.2 Å². The molecule has 144 valence electrons. The van der Waals surface area contributed by atoms with E-state index in [1.165, 1.54) is 18.4 Å². The number of methoxy groups -OCH3 is 3. The number of benzene rings is 2. The average Bonchev–Trinajstić information content (AvgIpc) is 3.55. The first-order chi connectivity index (χ1) is 13.1. The van der Waals surface area contributed by atoms with Crippen molar-refractivity contribution in [2.45, 2.75) is 31.7 Å². The van der Waals surface area contributed by atoms with E-state index < -0.39 is 0 Å². The molecule has 1 aliphatic rings. The third kappa shape index (κ3) is 4.94. The zero-order valence-electron chi connectivity index (χ0n) is 16.2. The fourth-order valence-electron chi connectivity index (χ4n) is 3.37. The van der Waals surface area contributed by atoms with Crippen LogP contribution in [-0.4, -0.2) is 27.2 Å². The van der Waals surface area contributed by atoms with Gasteiger partial charge in [0.05, 0.1) is 21.3 Å². The predicted octanol–water partition coefficient (Wildman–Crippen LogP) is 3.91. The summed E-state index contributed by atoms with van der Waals surface area (Å²) < 4.78 is 15.8. The van der Waals surface area contributed by atoms with Crippen LogP contribution >= 0.6 is 0 Å².